The molecule has 1 fully saturated rings. The summed E-state index contributed by atoms with van der Waals surface area (Å²) in [7, 11) is 0. The van der Waals surface area contributed by atoms with Crippen molar-refractivity contribution in [3.63, 3.8) is 0 Å². The molecule has 0 N–H and O–H groups in total. The van der Waals surface area contributed by atoms with Crippen LogP contribution < -0.4 is 5.56 Å². The van der Waals surface area contributed by atoms with E-state index in [0.717, 1.165) is 19.6 Å². The van der Waals surface area contributed by atoms with Crippen LogP contribution in [0, 0.1) is 0 Å². The molecule has 150 valence electrons. The van der Waals surface area contributed by atoms with Gasteiger partial charge >= 0.3 is 0 Å². The van der Waals surface area contributed by atoms with Gasteiger partial charge in [-0.1, -0.05) is 48.5 Å². The van der Waals surface area contributed by atoms with Gasteiger partial charge in [-0.3, -0.25) is 14.5 Å². The van der Waals surface area contributed by atoms with Crippen LogP contribution in [0.5, 0.6) is 0 Å². The summed E-state index contributed by atoms with van der Waals surface area (Å²) in [4.78, 5) is 30.2. The van der Waals surface area contributed by atoms with Crippen LogP contribution in [0.25, 0.3) is 10.8 Å². The minimum atomic E-state index is -0.153. The molecule has 0 radical (unpaired) electrons. The van der Waals surface area contributed by atoms with Gasteiger partial charge in [0, 0.05) is 38.1 Å². The Morgan fingerprint density at radius 2 is 1.55 bits per heavy atom. The molecule has 6 heteroatoms. The van der Waals surface area contributed by atoms with E-state index < -0.39 is 0 Å². The van der Waals surface area contributed by atoms with Gasteiger partial charge in [0.15, 0.2) is 5.69 Å². The highest BCUT2D eigenvalue weighted by Gasteiger charge is 2.26. The van der Waals surface area contributed by atoms with E-state index in [1.165, 1.54) is 10.2 Å². The van der Waals surface area contributed by atoms with Crippen molar-refractivity contribution in [2.24, 2.45) is 0 Å². The first-order valence-electron chi connectivity index (χ1n) is 10.1. The highest BCUT2D eigenvalue weighted by molar-refractivity contribution is 6.04. The van der Waals surface area contributed by atoms with E-state index in [-0.39, 0.29) is 17.5 Å². The number of piperazine rings is 1. The summed E-state index contributed by atoms with van der Waals surface area (Å²) in [5.74, 6) is -0.102. The highest BCUT2D eigenvalue weighted by atomic mass is 16.2. The molecular formula is C23H26N4O2. The maximum absolute atomic E-state index is 13.3. The average molecular weight is 390 g/mol. The van der Waals surface area contributed by atoms with E-state index >= 15 is 0 Å². The summed E-state index contributed by atoms with van der Waals surface area (Å²) >= 11 is 0. The largest absolute Gasteiger partial charge is 0.335 e. The molecule has 0 saturated carbocycles. The number of carbonyl (C=O) groups is 1. The molecule has 1 aliphatic rings. The van der Waals surface area contributed by atoms with Crippen molar-refractivity contribution >= 4 is 16.7 Å². The SMILES string of the molecule is CC(C)n1nc(C(=O)N2CCN(Cc3ccccc3)CC2)c2ccccc2c1=O. The number of hydrogen-bond acceptors (Lipinski definition) is 4. The van der Waals surface area contributed by atoms with Gasteiger partial charge in [-0.2, -0.15) is 5.10 Å². The molecule has 6 nitrogen and oxygen atoms in total. The minimum Gasteiger partial charge on any atom is -0.335 e. The first-order valence-corrected chi connectivity index (χ1v) is 10.1. The third kappa shape index (κ3) is 3.93. The molecule has 2 aromatic carbocycles. The van der Waals surface area contributed by atoms with Crippen molar-refractivity contribution in [2.75, 3.05) is 26.2 Å². The number of rotatable bonds is 4. The lowest BCUT2D eigenvalue weighted by molar-refractivity contribution is 0.0622. The predicted molar refractivity (Wildman–Crippen MR) is 114 cm³/mol. The van der Waals surface area contributed by atoms with Gasteiger partial charge in [0.2, 0.25) is 0 Å². The molecule has 1 aromatic heterocycles. The quantitative estimate of drug-likeness (QED) is 0.687. The predicted octanol–water partition coefficient (Wildman–Crippen LogP) is 2.94. The molecule has 2 heterocycles. The van der Waals surface area contributed by atoms with Gasteiger partial charge in [-0.05, 0) is 25.5 Å². The van der Waals surface area contributed by atoms with Crippen LogP contribution in [0.4, 0.5) is 0 Å². The maximum atomic E-state index is 13.3. The lowest BCUT2D eigenvalue weighted by Crippen LogP contribution is -2.48. The van der Waals surface area contributed by atoms with Crippen molar-refractivity contribution in [1.29, 1.82) is 0 Å². The summed E-state index contributed by atoms with van der Waals surface area (Å²) in [6.07, 6.45) is 0. The molecule has 4 rings (SSSR count). The Bertz CT molecular complexity index is 1070. The van der Waals surface area contributed by atoms with Crippen LogP contribution >= 0.6 is 0 Å². The van der Waals surface area contributed by atoms with E-state index in [4.69, 9.17) is 0 Å². The molecule has 29 heavy (non-hydrogen) atoms. The molecule has 0 aliphatic carbocycles. The fourth-order valence-electron chi connectivity index (χ4n) is 3.81. The first-order chi connectivity index (χ1) is 14.0. The van der Waals surface area contributed by atoms with Gasteiger partial charge in [0.25, 0.3) is 11.5 Å². The Morgan fingerprint density at radius 1 is 0.931 bits per heavy atom. The fraction of sp³-hybridized carbons (Fsp3) is 0.348. The smallest absolute Gasteiger partial charge is 0.275 e. The Kier molecular flexibility index (Phi) is 5.45. The summed E-state index contributed by atoms with van der Waals surface area (Å²) < 4.78 is 1.42. The van der Waals surface area contributed by atoms with Gasteiger partial charge < -0.3 is 4.90 Å². The Morgan fingerprint density at radius 3 is 2.21 bits per heavy atom. The van der Waals surface area contributed by atoms with Crippen LogP contribution in [-0.4, -0.2) is 51.7 Å². The molecule has 1 aliphatic heterocycles. The maximum Gasteiger partial charge on any atom is 0.275 e. The van der Waals surface area contributed by atoms with Crippen molar-refractivity contribution in [3.8, 4) is 0 Å². The summed E-state index contributed by atoms with van der Waals surface area (Å²) in [6.45, 7) is 7.65. The Hall–Kier alpha value is -2.99. The molecule has 0 spiro atoms. The second-order valence-electron chi connectivity index (χ2n) is 7.79. The molecule has 0 atom stereocenters. The summed E-state index contributed by atoms with van der Waals surface area (Å²) in [5, 5.41) is 5.64. The zero-order valence-corrected chi connectivity index (χ0v) is 16.9. The van der Waals surface area contributed by atoms with E-state index in [1.54, 1.807) is 6.07 Å². The third-order valence-electron chi connectivity index (χ3n) is 5.43. The van der Waals surface area contributed by atoms with E-state index in [9.17, 15) is 9.59 Å². The number of amides is 1. The van der Waals surface area contributed by atoms with Crippen molar-refractivity contribution in [1.82, 2.24) is 19.6 Å². The topological polar surface area (TPSA) is 58.4 Å². The first kappa shape index (κ1) is 19.3. The minimum absolute atomic E-state index is 0.102. The zero-order chi connectivity index (χ0) is 20.4. The molecule has 1 amide bonds. The standard InChI is InChI=1S/C23H26N4O2/c1-17(2)27-22(28)20-11-7-6-10-19(20)21(24-27)23(29)26-14-12-25(13-15-26)16-18-8-4-3-5-9-18/h3-11,17H,12-16H2,1-2H3. The van der Waals surface area contributed by atoms with Crippen molar-refractivity contribution in [2.45, 2.75) is 26.4 Å². The summed E-state index contributed by atoms with van der Waals surface area (Å²) in [5.41, 5.74) is 1.49. The summed E-state index contributed by atoms with van der Waals surface area (Å²) in [6, 6.07) is 17.5. The van der Waals surface area contributed by atoms with E-state index in [1.807, 2.05) is 43.0 Å². The van der Waals surface area contributed by atoms with Crippen LogP contribution in [0.3, 0.4) is 0 Å². The van der Waals surface area contributed by atoms with Crippen LogP contribution in [0.2, 0.25) is 0 Å². The Balaban J connectivity index is 1.55. The number of carbonyl (C=O) groups excluding carboxylic acids is 1. The molecule has 3 aromatic rings. The van der Waals surface area contributed by atoms with Crippen LogP contribution in [-0.2, 0) is 6.54 Å². The number of aromatic nitrogens is 2. The lowest BCUT2D eigenvalue weighted by Gasteiger charge is -2.34. The number of fused-ring (bicyclic) bond motifs is 1. The molecular weight excluding hydrogens is 364 g/mol. The van der Waals surface area contributed by atoms with Gasteiger partial charge in [0.1, 0.15) is 0 Å². The Labute approximate surface area is 170 Å². The third-order valence-corrected chi connectivity index (χ3v) is 5.43. The number of benzene rings is 2. The molecule has 0 bridgehead atoms. The molecule has 0 unspecified atom stereocenters. The fourth-order valence-corrected chi connectivity index (χ4v) is 3.81. The van der Waals surface area contributed by atoms with E-state index in [2.05, 4.69) is 34.3 Å². The van der Waals surface area contributed by atoms with Crippen molar-refractivity contribution in [3.05, 3.63) is 76.2 Å². The normalized spacial score (nSPS) is 15.2. The number of hydrogen-bond donors (Lipinski definition) is 0. The monoisotopic (exact) mass is 390 g/mol. The molecule has 1 saturated heterocycles. The van der Waals surface area contributed by atoms with Crippen LogP contribution in [0.15, 0.2) is 59.4 Å². The average Bonchev–Trinajstić information content (AvgIpc) is 2.75. The second-order valence-corrected chi connectivity index (χ2v) is 7.79. The van der Waals surface area contributed by atoms with Gasteiger partial charge in [-0.15, -0.1) is 0 Å². The van der Waals surface area contributed by atoms with E-state index in [0.29, 0.717) is 29.6 Å². The zero-order valence-electron chi connectivity index (χ0n) is 16.9. The number of nitrogens with zero attached hydrogens (tertiary/aromatic N) is 4. The van der Waals surface area contributed by atoms with Gasteiger partial charge in [-0.25, -0.2) is 4.68 Å². The van der Waals surface area contributed by atoms with Crippen molar-refractivity contribution < 1.29 is 4.79 Å². The highest BCUT2D eigenvalue weighted by Crippen LogP contribution is 2.18. The van der Waals surface area contributed by atoms with Gasteiger partial charge in [0.05, 0.1) is 11.4 Å². The van der Waals surface area contributed by atoms with Crippen LogP contribution in [0.1, 0.15) is 35.9 Å². The second kappa shape index (κ2) is 8.17. The lowest BCUT2D eigenvalue weighted by atomic mass is 10.1.